The zero-order valence-corrected chi connectivity index (χ0v) is 19.5. The lowest BCUT2D eigenvalue weighted by atomic mass is 10.1. The van der Waals surface area contributed by atoms with Crippen LogP contribution in [0.4, 0.5) is 21.7 Å². The maximum atomic E-state index is 15.1. The Balaban J connectivity index is 1.42. The predicted molar refractivity (Wildman–Crippen MR) is 132 cm³/mol. The first-order valence-electron chi connectivity index (χ1n) is 13.3. The van der Waals surface area contributed by atoms with Gasteiger partial charge in [-0.2, -0.15) is 0 Å². The van der Waals surface area contributed by atoms with E-state index in [1.54, 1.807) is 12.3 Å². The van der Waals surface area contributed by atoms with Crippen molar-refractivity contribution in [3.8, 4) is 11.4 Å². The molecule has 1 aliphatic carbocycles. The molecule has 11 nitrogen and oxygen atoms in total. The first-order valence-corrected chi connectivity index (χ1v) is 11.8. The summed E-state index contributed by atoms with van der Waals surface area (Å²) in [6.07, 6.45) is 3.99. The second-order valence-electron chi connectivity index (χ2n) is 9.02. The number of carbonyl (C=O) groups excluding carboxylic acids is 1. The second kappa shape index (κ2) is 8.94. The maximum Gasteiger partial charge on any atom is 0.228 e. The molecule has 1 saturated heterocycles. The lowest BCUT2D eigenvalue weighted by Crippen LogP contribution is -2.36. The van der Waals surface area contributed by atoms with Crippen molar-refractivity contribution in [2.45, 2.75) is 20.2 Å². The minimum Gasteiger partial charge on any atom is -0.378 e. The van der Waals surface area contributed by atoms with Crippen molar-refractivity contribution in [1.29, 1.82) is 0 Å². The quantitative estimate of drug-likeness (QED) is 0.416. The van der Waals surface area contributed by atoms with Crippen molar-refractivity contribution in [3.63, 3.8) is 0 Å². The van der Waals surface area contributed by atoms with Gasteiger partial charge in [-0.3, -0.25) is 4.79 Å². The number of hydrogen-bond donors (Lipinski definition) is 2. The van der Waals surface area contributed by atoms with Crippen LogP contribution in [0.3, 0.4) is 0 Å². The van der Waals surface area contributed by atoms with E-state index in [0.29, 0.717) is 48.9 Å². The van der Waals surface area contributed by atoms with Gasteiger partial charge in [0.15, 0.2) is 28.9 Å². The Bertz CT molecular complexity index is 1570. The van der Waals surface area contributed by atoms with Gasteiger partial charge < -0.3 is 20.3 Å². The molecule has 12 heteroatoms. The minimum atomic E-state index is -2.24. The molecule has 1 saturated carbocycles. The van der Waals surface area contributed by atoms with E-state index in [1.165, 1.54) is 16.8 Å². The third-order valence-electron chi connectivity index (χ3n) is 6.58. The van der Waals surface area contributed by atoms with Crippen LogP contribution in [0.5, 0.6) is 0 Å². The first-order chi connectivity index (χ1) is 18.7. The summed E-state index contributed by atoms with van der Waals surface area (Å²) in [4.78, 5) is 23.3. The predicted octanol–water partition coefficient (Wildman–Crippen LogP) is 2.74. The Morgan fingerprint density at radius 1 is 1.31 bits per heavy atom. The minimum absolute atomic E-state index is 0.0398. The van der Waals surface area contributed by atoms with Crippen LogP contribution in [0.2, 0.25) is 0 Å². The van der Waals surface area contributed by atoms with Crippen LogP contribution >= 0.6 is 0 Å². The van der Waals surface area contributed by atoms with Crippen molar-refractivity contribution in [2.24, 2.45) is 11.8 Å². The number of hydrogen-bond acceptors (Lipinski definition) is 9. The molecule has 1 amide bonds. The lowest BCUT2D eigenvalue weighted by molar-refractivity contribution is -0.117. The Morgan fingerprint density at radius 2 is 2.14 bits per heavy atom. The van der Waals surface area contributed by atoms with Crippen molar-refractivity contribution in [1.82, 2.24) is 29.8 Å². The zero-order chi connectivity index (χ0) is 27.3. The molecule has 4 aromatic heterocycles. The lowest BCUT2D eigenvalue weighted by Gasteiger charge is -2.28. The van der Waals surface area contributed by atoms with E-state index in [2.05, 4.69) is 35.9 Å². The monoisotopic (exact) mass is 494 g/mol. The standard InChI is InChI=1S/C24H26FN9O2/c1-3-26-22-20-16(10-19(30-31-20)28-24(35)15-8-13(15)2)17(11-27-22)21-29-23-18(25)9-14(12-34(23)32-21)33-4-6-36-7-5-33/h9-13,15H,3-8H2,1-2H3,(H,26,27)(H,28,30,35)/t13-,15+/m1/s1/i1D3. The number of halogens is 1. The van der Waals surface area contributed by atoms with E-state index in [1.807, 2.05) is 11.8 Å². The number of fused-ring (bicyclic) bond motifs is 2. The van der Waals surface area contributed by atoms with E-state index < -0.39 is 12.7 Å². The molecular weight excluding hydrogens is 465 g/mol. The van der Waals surface area contributed by atoms with Crippen LogP contribution in [-0.2, 0) is 9.53 Å². The normalized spacial score (nSPS) is 21.2. The highest BCUT2D eigenvalue weighted by atomic mass is 19.1. The Kier molecular flexibility index (Phi) is 4.79. The van der Waals surface area contributed by atoms with E-state index in [0.717, 1.165) is 6.42 Å². The number of rotatable bonds is 6. The van der Waals surface area contributed by atoms with Crippen LogP contribution in [0.1, 0.15) is 24.3 Å². The van der Waals surface area contributed by atoms with Crippen LogP contribution in [0.25, 0.3) is 27.9 Å². The summed E-state index contributed by atoms with van der Waals surface area (Å²) >= 11 is 0. The summed E-state index contributed by atoms with van der Waals surface area (Å²) in [5.41, 5.74) is 1.39. The molecule has 1 aliphatic heterocycles. The van der Waals surface area contributed by atoms with Crippen LogP contribution in [0, 0.1) is 17.7 Å². The SMILES string of the molecule is [2H]C([2H])([2H])CNc1ncc(-c2nc3c(F)cc(N4CCOCC4)cn3n2)c2cc(NC(=O)[C@H]3C[C@H]3C)nnc12. The maximum absolute atomic E-state index is 15.1. The number of ether oxygens (including phenoxy) is 1. The van der Waals surface area contributed by atoms with Gasteiger partial charge in [-0.25, -0.2) is 18.9 Å². The summed E-state index contributed by atoms with van der Waals surface area (Å²) in [6.45, 7) is 1.81. The molecule has 186 valence electrons. The van der Waals surface area contributed by atoms with Crippen molar-refractivity contribution in [3.05, 3.63) is 30.3 Å². The topological polar surface area (TPSA) is 122 Å². The molecule has 2 atom stereocenters. The van der Waals surface area contributed by atoms with Crippen LogP contribution in [0.15, 0.2) is 24.5 Å². The average molecular weight is 495 g/mol. The van der Waals surface area contributed by atoms with E-state index in [4.69, 9.17) is 8.85 Å². The highest BCUT2D eigenvalue weighted by Gasteiger charge is 2.39. The number of aromatic nitrogens is 6. The number of amides is 1. The summed E-state index contributed by atoms with van der Waals surface area (Å²) in [7, 11) is 0. The summed E-state index contributed by atoms with van der Waals surface area (Å²) < 4.78 is 44.4. The van der Waals surface area contributed by atoms with Gasteiger partial charge in [0.05, 0.1) is 25.1 Å². The van der Waals surface area contributed by atoms with Crippen molar-refractivity contribution < 1.29 is 18.0 Å². The van der Waals surface area contributed by atoms with Crippen molar-refractivity contribution in [2.75, 3.05) is 48.4 Å². The fourth-order valence-electron chi connectivity index (χ4n) is 4.43. The Labute approximate surface area is 210 Å². The number of morpholine rings is 1. The summed E-state index contributed by atoms with van der Waals surface area (Å²) in [6, 6.07) is 3.04. The van der Waals surface area contributed by atoms with Gasteiger partial charge in [-0.05, 0) is 25.3 Å². The highest BCUT2D eigenvalue weighted by molar-refractivity contribution is 6.01. The van der Waals surface area contributed by atoms with Gasteiger partial charge in [-0.15, -0.1) is 15.3 Å². The molecule has 6 rings (SSSR count). The third-order valence-corrected chi connectivity index (χ3v) is 6.58. The number of nitrogens with one attached hydrogen (secondary N) is 2. The molecule has 0 radical (unpaired) electrons. The summed E-state index contributed by atoms with van der Waals surface area (Å²) in [5, 5.41) is 18.9. The number of carbonyl (C=O) groups is 1. The fourth-order valence-corrected chi connectivity index (χ4v) is 4.43. The van der Waals surface area contributed by atoms with Gasteiger partial charge in [0.25, 0.3) is 0 Å². The zero-order valence-electron chi connectivity index (χ0n) is 22.5. The summed E-state index contributed by atoms with van der Waals surface area (Å²) in [5.74, 6) is 0.191. The molecule has 2 N–H and O–H groups in total. The van der Waals surface area contributed by atoms with Gasteiger partial charge in [-0.1, -0.05) is 6.92 Å². The fraction of sp³-hybridized carbons (Fsp3) is 0.417. The molecule has 0 unspecified atom stereocenters. The molecule has 0 bridgehead atoms. The van der Waals surface area contributed by atoms with E-state index >= 15 is 4.39 Å². The van der Waals surface area contributed by atoms with E-state index in [-0.39, 0.29) is 47.0 Å². The van der Waals surface area contributed by atoms with Gasteiger partial charge >= 0.3 is 0 Å². The second-order valence-corrected chi connectivity index (χ2v) is 9.02. The molecule has 0 aromatic carbocycles. The first kappa shape index (κ1) is 19.3. The smallest absolute Gasteiger partial charge is 0.228 e. The Morgan fingerprint density at radius 3 is 2.92 bits per heavy atom. The molecule has 4 aromatic rings. The number of anilines is 3. The molecular formula is C24H26FN9O2. The van der Waals surface area contributed by atoms with Crippen LogP contribution < -0.4 is 15.5 Å². The van der Waals surface area contributed by atoms with E-state index in [9.17, 15) is 4.79 Å². The Hall–Kier alpha value is -3.93. The molecule has 2 fully saturated rings. The van der Waals surface area contributed by atoms with Crippen LogP contribution in [-0.4, -0.2) is 68.5 Å². The highest BCUT2D eigenvalue weighted by Crippen LogP contribution is 2.38. The number of pyridine rings is 2. The third kappa shape index (κ3) is 4.06. The van der Waals surface area contributed by atoms with Gasteiger partial charge in [0.1, 0.15) is 5.52 Å². The number of nitrogens with zero attached hydrogens (tertiary/aromatic N) is 7. The molecule has 2 aliphatic rings. The largest absolute Gasteiger partial charge is 0.378 e. The molecule has 0 spiro atoms. The molecule has 36 heavy (non-hydrogen) atoms. The average Bonchev–Trinajstić information content (AvgIpc) is 3.49. The van der Waals surface area contributed by atoms with Gasteiger partial charge in [0, 0.05) is 52.9 Å². The molecule has 5 heterocycles. The van der Waals surface area contributed by atoms with Gasteiger partial charge in [0.2, 0.25) is 5.91 Å². The van der Waals surface area contributed by atoms with Crippen molar-refractivity contribution >= 4 is 39.8 Å².